The summed E-state index contributed by atoms with van der Waals surface area (Å²) in [5.41, 5.74) is 0.676. The number of amides is 2. The van der Waals surface area contributed by atoms with Crippen LogP contribution in [0.4, 0.5) is 11.4 Å². The molecule has 2 amide bonds. The molecule has 0 radical (unpaired) electrons. The van der Waals surface area contributed by atoms with Crippen LogP contribution in [0, 0.1) is 0 Å². The third-order valence-electron chi connectivity index (χ3n) is 4.49. The summed E-state index contributed by atoms with van der Waals surface area (Å²) in [7, 11) is 0. The molecule has 0 aliphatic carbocycles. The van der Waals surface area contributed by atoms with Gasteiger partial charge in [-0.05, 0) is 36.8 Å². The van der Waals surface area contributed by atoms with Crippen LogP contribution in [0.1, 0.15) is 23.7 Å². The Morgan fingerprint density at radius 1 is 1.14 bits per heavy atom. The highest BCUT2D eigenvalue weighted by molar-refractivity contribution is 6.06. The summed E-state index contributed by atoms with van der Waals surface area (Å²) < 4.78 is 10.7. The minimum atomic E-state index is -0.708. The Morgan fingerprint density at radius 2 is 1.96 bits per heavy atom. The zero-order valence-electron chi connectivity index (χ0n) is 15.2. The lowest BCUT2D eigenvalue weighted by molar-refractivity contribution is -0.121. The standard InChI is InChI=1S/C21H18N2O5/c1-2-9-23-16-11-14(7-8-18(16)27-12-19(23)24)22-20(25)15-10-13-5-3-4-6-17(13)28-21(15)26/h3-8,10-11H,2,9,12H2,1H3,(H,22,25). The molecule has 1 aliphatic heterocycles. The van der Waals surface area contributed by atoms with Crippen LogP contribution in [-0.4, -0.2) is 25.0 Å². The van der Waals surface area contributed by atoms with Gasteiger partial charge >= 0.3 is 5.63 Å². The van der Waals surface area contributed by atoms with Gasteiger partial charge in [-0.2, -0.15) is 0 Å². The molecule has 0 fully saturated rings. The van der Waals surface area contributed by atoms with E-state index in [1.54, 1.807) is 47.4 Å². The number of nitrogens with one attached hydrogen (secondary N) is 1. The molecule has 142 valence electrons. The van der Waals surface area contributed by atoms with Crippen LogP contribution >= 0.6 is 0 Å². The van der Waals surface area contributed by atoms with Crippen LogP contribution in [0.2, 0.25) is 0 Å². The number of hydrogen-bond acceptors (Lipinski definition) is 5. The van der Waals surface area contributed by atoms with E-state index in [1.165, 1.54) is 6.07 Å². The van der Waals surface area contributed by atoms with E-state index in [9.17, 15) is 14.4 Å². The van der Waals surface area contributed by atoms with E-state index in [2.05, 4.69) is 5.32 Å². The molecular formula is C21H18N2O5. The van der Waals surface area contributed by atoms with Crippen LogP contribution in [0.5, 0.6) is 5.75 Å². The molecule has 1 aromatic heterocycles. The highest BCUT2D eigenvalue weighted by Crippen LogP contribution is 2.34. The highest BCUT2D eigenvalue weighted by Gasteiger charge is 2.25. The molecule has 2 heterocycles. The van der Waals surface area contributed by atoms with Crippen LogP contribution in [0.3, 0.4) is 0 Å². The first-order valence-corrected chi connectivity index (χ1v) is 8.98. The SMILES string of the molecule is CCCN1C(=O)COc2ccc(NC(=O)c3cc4ccccc4oc3=O)cc21. The summed E-state index contributed by atoms with van der Waals surface area (Å²) in [4.78, 5) is 38.6. The fourth-order valence-corrected chi connectivity index (χ4v) is 3.17. The van der Waals surface area contributed by atoms with Crippen LogP contribution in [-0.2, 0) is 4.79 Å². The van der Waals surface area contributed by atoms with Gasteiger partial charge in [0.25, 0.3) is 11.8 Å². The molecule has 1 N–H and O–H groups in total. The van der Waals surface area contributed by atoms with E-state index in [-0.39, 0.29) is 18.1 Å². The summed E-state index contributed by atoms with van der Waals surface area (Å²) in [5, 5.41) is 3.36. The topological polar surface area (TPSA) is 88.8 Å². The minimum Gasteiger partial charge on any atom is -0.482 e. The maximum absolute atomic E-state index is 12.6. The summed E-state index contributed by atoms with van der Waals surface area (Å²) in [5.74, 6) is -0.131. The van der Waals surface area contributed by atoms with E-state index >= 15 is 0 Å². The largest absolute Gasteiger partial charge is 0.482 e. The first-order chi connectivity index (χ1) is 13.6. The van der Waals surface area contributed by atoms with E-state index in [0.29, 0.717) is 34.6 Å². The van der Waals surface area contributed by atoms with Crippen molar-refractivity contribution in [3.8, 4) is 5.75 Å². The Balaban J connectivity index is 1.65. The highest BCUT2D eigenvalue weighted by atomic mass is 16.5. The Labute approximate surface area is 160 Å². The van der Waals surface area contributed by atoms with Crippen LogP contribution in [0.25, 0.3) is 11.0 Å². The number of carbonyl (C=O) groups excluding carboxylic acids is 2. The number of ether oxygens (including phenoxy) is 1. The van der Waals surface area contributed by atoms with Crippen molar-refractivity contribution in [3.05, 3.63) is 64.5 Å². The number of para-hydroxylation sites is 1. The van der Waals surface area contributed by atoms with Crippen molar-refractivity contribution >= 4 is 34.2 Å². The van der Waals surface area contributed by atoms with Gasteiger partial charge in [0.15, 0.2) is 6.61 Å². The van der Waals surface area contributed by atoms with Crippen LogP contribution in [0.15, 0.2) is 57.7 Å². The molecule has 0 atom stereocenters. The van der Waals surface area contributed by atoms with Gasteiger partial charge in [-0.25, -0.2) is 4.79 Å². The summed E-state index contributed by atoms with van der Waals surface area (Å²) in [6.07, 6.45) is 0.792. The predicted molar refractivity (Wildman–Crippen MR) is 105 cm³/mol. The second-order valence-corrected chi connectivity index (χ2v) is 6.46. The van der Waals surface area contributed by atoms with Crippen molar-refractivity contribution in [3.63, 3.8) is 0 Å². The second kappa shape index (κ2) is 7.19. The Hall–Kier alpha value is -3.61. The number of nitrogens with zero attached hydrogens (tertiary/aromatic N) is 1. The Morgan fingerprint density at radius 3 is 2.79 bits per heavy atom. The summed E-state index contributed by atoms with van der Waals surface area (Å²) >= 11 is 0. The molecule has 0 saturated heterocycles. The van der Waals surface area contributed by atoms with Gasteiger partial charge in [0.05, 0.1) is 5.69 Å². The lowest BCUT2D eigenvalue weighted by Gasteiger charge is -2.29. The van der Waals surface area contributed by atoms with Crippen LogP contribution < -0.4 is 20.6 Å². The third kappa shape index (κ3) is 3.22. The van der Waals surface area contributed by atoms with E-state index < -0.39 is 11.5 Å². The number of rotatable bonds is 4. The van der Waals surface area contributed by atoms with Gasteiger partial charge in [-0.3, -0.25) is 9.59 Å². The lowest BCUT2D eigenvalue weighted by atomic mass is 10.1. The van der Waals surface area contributed by atoms with Gasteiger partial charge < -0.3 is 19.4 Å². The lowest BCUT2D eigenvalue weighted by Crippen LogP contribution is -2.39. The molecule has 4 rings (SSSR count). The molecular weight excluding hydrogens is 360 g/mol. The molecule has 0 spiro atoms. The van der Waals surface area contributed by atoms with Gasteiger partial charge in [0.2, 0.25) is 0 Å². The van der Waals surface area contributed by atoms with Gasteiger partial charge in [0.1, 0.15) is 16.9 Å². The van der Waals surface area contributed by atoms with Crippen molar-refractivity contribution < 1.29 is 18.7 Å². The fourth-order valence-electron chi connectivity index (χ4n) is 3.17. The van der Waals surface area contributed by atoms with Crippen molar-refractivity contribution in [2.24, 2.45) is 0 Å². The molecule has 0 saturated carbocycles. The van der Waals surface area contributed by atoms with Gasteiger partial charge in [-0.1, -0.05) is 25.1 Å². The number of fused-ring (bicyclic) bond motifs is 2. The van der Waals surface area contributed by atoms with Crippen molar-refractivity contribution in [1.82, 2.24) is 0 Å². The number of anilines is 2. The molecule has 3 aromatic rings. The molecule has 1 aliphatic rings. The van der Waals surface area contributed by atoms with Crippen molar-refractivity contribution in [1.29, 1.82) is 0 Å². The van der Waals surface area contributed by atoms with Crippen molar-refractivity contribution in [2.45, 2.75) is 13.3 Å². The monoisotopic (exact) mass is 378 g/mol. The summed E-state index contributed by atoms with van der Waals surface area (Å²) in [6.45, 7) is 2.53. The zero-order valence-corrected chi connectivity index (χ0v) is 15.2. The molecule has 0 unspecified atom stereocenters. The first-order valence-electron chi connectivity index (χ1n) is 8.98. The summed E-state index contributed by atoms with van der Waals surface area (Å²) in [6, 6.07) is 13.5. The number of benzene rings is 2. The van der Waals surface area contributed by atoms with Gasteiger partial charge in [-0.15, -0.1) is 0 Å². The minimum absolute atomic E-state index is 0.00313. The van der Waals surface area contributed by atoms with E-state index in [1.807, 2.05) is 6.92 Å². The molecule has 7 nitrogen and oxygen atoms in total. The first kappa shape index (κ1) is 17.8. The molecule has 2 aromatic carbocycles. The Kier molecular flexibility index (Phi) is 4.57. The molecule has 0 bridgehead atoms. The zero-order chi connectivity index (χ0) is 19.7. The third-order valence-corrected chi connectivity index (χ3v) is 4.49. The molecule has 28 heavy (non-hydrogen) atoms. The van der Waals surface area contributed by atoms with Gasteiger partial charge in [0, 0.05) is 17.6 Å². The second-order valence-electron chi connectivity index (χ2n) is 6.46. The van der Waals surface area contributed by atoms with E-state index in [0.717, 1.165) is 6.42 Å². The number of hydrogen-bond donors (Lipinski definition) is 1. The van der Waals surface area contributed by atoms with E-state index in [4.69, 9.17) is 9.15 Å². The smallest absolute Gasteiger partial charge is 0.349 e. The number of carbonyl (C=O) groups is 2. The average Bonchev–Trinajstić information content (AvgIpc) is 2.69. The maximum Gasteiger partial charge on any atom is 0.349 e. The fraction of sp³-hybridized carbons (Fsp3) is 0.190. The Bertz CT molecular complexity index is 1140. The molecule has 7 heteroatoms. The maximum atomic E-state index is 12.6. The predicted octanol–water partition coefficient (Wildman–Crippen LogP) is 3.18. The quantitative estimate of drug-likeness (QED) is 0.705. The average molecular weight is 378 g/mol. The van der Waals surface area contributed by atoms with Crippen molar-refractivity contribution in [2.75, 3.05) is 23.4 Å². The normalized spacial score (nSPS) is 13.2.